The molecule has 8 heavy (non-hydrogen) atoms. The van der Waals surface area contributed by atoms with Crippen LogP contribution in [-0.4, -0.2) is 0 Å². The third kappa shape index (κ3) is 1.85. The Morgan fingerprint density at radius 1 is 0.875 bits per heavy atom. The van der Waals surface area contributed by atoms with E-state index in [9.17, 15) is 0 Å². The minimum Gasteiger partial charge on any atom is -0.0597 e. The van der Waals surface area contributed by atoms with Crippen LogP contribution >= 0.6 is 0 Å². The van der Waals surface area contributed by atoms with E-state index in [1.165, 1.54) is 0 Å². The van der Waals surface area contributed by atoms with E-state index in [4.69, 9.17) is 5.48 Å². The quantitative estimate of drug-likeness (QED) is 0.458. The summed E-state index contributed by atoms with van der Waals surface area (Å²) in [5.41, 5.74) is -1.25. The highest BCUT2D eigenvalue weighted by Crippen LogP contribution is 2.36. The van der Waals surface area contributed by atoms with Crippen molar-refractivity contribution in [2.24, 2.45) is 10.8 Å². The van der Waals surface area contributed by atoms with Gasteiger partial charge < -0.3 is 0 Å². The highest BCUT2D eigenvalue weighted by atomic mass is 14.3. The maximum Gasteiger partial charge on any atom is 0.0236 e. The summed E-state index contributed by atoms with van der Waals surface area (Å²) in [5, 5.41) is 0. The fourth-order valence-electron chi connectivity index (χ4n) is 0. The van der Waals surface area contributed by atoms with Crippen LogP contribution in [0.2, 0.25) is 0 Å². The molecule has 0 aliphatic heterocycles. The number of hydrogen-bond donors (Lipinski definition) is 0. The second-order valence-corrected chi connectivity index (χ2v) is 3.44. The fraction of sp³-hybridized carbons (Fsp3) is 1.00. The maximum absolute atomic E-state index is 7.33. The monoisotopic (exact) mass is 118 g/mol. The van der Waals surface area contributed by atoms with Crippen LogP contribution in [0.1, 0.15) is 46.9 Å². The lowest BCUT2D eigenvalue weighted by Crippen LogP contribution is -2.25. The first kappa shape index (κ1) is 3.24. The van der Waals surface area contributed by atoms with Gasteiger partial charge in [0.1, 0.15) is 0 Å². The Morgan fingerprint density at radius 3 is 1.25 bits per heavy atom. The highest BCUT2D eigenvalue weighted by molar-refractivity contribution is 4.76. The molecule has 0 nitrogen and oxygen atoms in total. The summed E-state index contributed by atoms with van der Waals surface area (Å²) in [5.74, 6) is 0. The summed E-state index contributed by atoms with van der Waals surface area (Å²) < 4.78 is 29.3. The predicted molar refractivity (Wildman–Crippen MR) is 38.9 cm³/mol. The van der Waals surface area contributed by atoms with Crippen molar-refractivity contribution in [3.05, 3.63) is 0 Å². The van der Waals surface area contributed by atoms with Crippen LogP contribution in [0, 0.1) is 10.8 Å². The molecule has 0 heteroatoms. The van der Waals surface area contributed by atoms with Gasteiger partial charge in [0.15, 0.2) is 0 Å². The summed E-state index contributed by atoms with van der Waals surface area (Å²) >= 11 is 0. The van der Waals surface area contributed by atoms with Gasteiger partial charge in [0.2, 0.25) is 0 Å². The van der Waals surface area contributed by atoms with Crippen LogP contribution in [0.15, 0.2) is 0 Å². The molecular weight excluding hydrogens is 96.1 g/mol. The molecule has 0 fully saturated rings. The van der Waals surface area contributed by atoms with Crippen molar-refractivity contribution >= 4 is 0 Å². The molecule has 0 aliphatic rings. The van der Waals surface area contributed by atoms with Gasteiger partial charge in [-0.3, -0.25) is 0 Å². The molecule has 0 N–H and O–H groups in total. The smallest absolute Gasteiger partial charge is 0.0236 e. The molecule has 0 radical (unpaired) electrons. The maximum atomic E-state index is 7.33. The Balaban J connectivity index is 4.75. The van der Waals surface area contributed by atoms with Crippen molar-refractivity contribution in [1.29, 1.82) is 0 Å². The van der Waals surface area contributed by atoms with Gasteiger partial charge in [-0.2, -0.15) is 0 Å². The molecule has 0 spiro atoms. The molecule has 0 aromatic heterocycles. The van der Waals surface area contributed by atoms with E-state index >= 15 is 0 Å². The second-order valence-electron chi connectivity index (χ2n) is 3.44. The molecule has 50 valence electrons. The minimum absolute atomic E-state index is 0.624. The van der Waals surface area contributed by atoms with Crippen LogP contribution in [-0.2, 0) is 0 Å². The third-order valence-corrected chi connectivity index (χ3v) is 1.66. The van der Waals surface area contributed by atoms with Crippen LogP contribution in [0.4, 0.5) is 0 Å². The van der Waals surface area contributed by atoms with Gasteiger partial charge in [0.25, 0.3) is 0 Å². The first-order valence-corrected chi connectivity index (χ1v) is 2.83. The van der Waals surface area contributed by atoms with E-state index in [0.29, 0.717) is 0 Å². The summed E-state index contributed by atoms with van der Waals surface area (Å²) in [6, 6.07) is 0. The average molecular weight is 118 g/mol. The molecule has 0 aliphatic carbocycles. The predicted octanol–water partition coefficient (Wildman–Crippen LogP) is 3.08. The fourth-order valence-corrected chi connectivity index (χ4v) is 0. The van der Waals surface area contributed by atoms with E-state index in [2.05, 4.69) is 0 Å². The molecule has 0 unspecified atom stereocenters. The van der Waals surface area contributed by atoms with Gasteiger partial charge in [-0.25, -0.2) is 0 Å². The van der Waals surface area contributed by atoms with Crippen LogP contribution < -0.4 is 0 Å². The van der Waals surface area contributed by atoms with Gasteiger partial charge in [-0.15, -0.1) is 0 Å². The summed E-state index contributed by atoms with van der Waals surface area (Å²) in [4.78, 5) is 0. The Morgan fingerprint density at radius 2 is 1.12 bits per heavy atom. The van der Waals surface area contributed by atoms with E-state index in [1.54, 1.807) is 27.7 Å². The minimum atomic E-state index is -0.995. The van der Waals surface area contributed by atoms with E-state index in [0.717, 1.165) is 0 Å². The zero-order valence-electron chi connectivity index (χ0n) is 10.2. The SMILES string of the molecule is [2H]C([2H])C(C)(C)C(C)(C)C([2H])[2H]. The van der Waals surface area contributed by atoms with Crippen molar-refractivity contribution in [2.75, 3.05) is 0 Å². The number of hydrogen-bond acceptors (Lipinski definition) is 0. The first-order valence-electron chi connectivity index (χ1n) is 5.14. The van der Waals surface area contributed by atoms with E-state index in [1.807, 2.05) is 0 Å². The average Bonchev–Trinajstić information content (AvgIpc) is 1.86. The van der Waals surface area contributed by atoms with Gasteiger partial charge in [-0.1, -0.05) is 41.4 Å². The molecule has 0 rings (SSSR count). The van der Waals surface area contributed by atoms with E-state index in [-0.39, 0.29) is 0 Å². The van der Waals surface area contributed by atoms with Gasteiger partial charge in [0.05, 0.1) is 0 Å². The highest BCUT2D eigenvalue weighted by Gasteiger charge is 2.26. The van der Waals surface area contributed by atoms with Gasteiger partial charge in [0, 0.05) is 5.48 Å². The third-order valence-electron chi connectivity index (χ3n) is 1.66. The molecule has 0 saturated heterocycles. The lowest BCUT2D eigenvalue weighted by molar-refractivity contribution is 0.157. The molecule has 0 aromatic rings. The Hall–Kier alpha value is 0. The standard InChI is InChI=1S/C8H18/c1-7(2,3)8(4,5)6/h1-6H3/i1D2,4D2. The summed E-state index contributed by atoms with van der Waals surface area (Å²) in [7, 11) is 0. The Labute approximate surface area is 58.9 Å². The Bertz CT molecular complexity index is 131. The van der Waals surface area contributed by atoms with Crippen LogP contribution in [0.5, 0.6) is 0 Å². The topological polar surface area (TPSA) is 0 Å². The molecule has 0 heterocycles. The van der Waals surface area contributed by atoms with Crippen LogP contribution in [0.25, 0.3) is 0 Å². The van der Waals surface area contributed by atoms with Crippen LogP contribution in [0.3, 0.4) is 0 Å². The lowest BCUT2D eigenvalue weighted by atomic mass is 9.71. The zero-order chi connectivity index (χ0) is 10.2. The Kier molecular flexibility index (Phi) is 0.709. The lowest BCUT2D eigenvalue weighted by Gasteiger charge is -2.34. The largest absolute Gasteiger partial charge is 0.0597 e. The summed E-state index contributed by atoms with van der Waals surface area (Å²) in [6.07, 6.45) is 0. The molecule has 0 amide bonds. The molecule has 0 saturated carbocycles. The summed E-state index contributed by atoms with van der Waals surface area (Å²) in [6.45, 7) is 5.10. The van der Waals surface area contributed by atoms with Crippen molar-refractivity contribution < 1.29 is 5.48 Å². The van der Waals surface area contributed by atoms with Gasteiger partial charge >= 0.3 is 0 Å². The number of rotatable bonds is 0. The van der Waals surface area contributed by atoms with E-state index < -0.39 is 24.6 Å². The van der Waals surface area contributed by atoms with Crippen molar-refractivity contribution in [1.82, 2.24) is 0 Å². The molecule has 0 atom stereocenters. The van der Waals surface area contributed by atoms with Crippen molar-refractivity contribution in [3.63, 3.8) is 0 Å². The normalized spacial score (nSPS) is 22.2. The van der Waals surface area contributed by atoms with Gasteiger partial charge in [-0.05, 0) is 10.8 Å². The molecular formula is C8H18. The molecule has 0 aromatic carbocycles. The van der Waals surface area contributed by atoms with Crippen molar-refractivity contribution in [2.45, 2.75) is 41.4 Å². The molecule has 0 bridgehead atoms. The second kappa shape index (κ2) is 1.75. The zero-order valence-corrected chi connectivity index (χ0v) is 6.15. The first-order chi connectivity index (χ1) is 5.14. The van der Waals surface area contributed by atoms with Crippen molar-refractivity contribution in [3.8, 4) is 0 Å².